The second-order valence-corrected chi connectivity index (χ2v) is 10.3. The first kappa shape index (κ1) is 24.4. The minimum absolute atomic E-state index is 0.101. The Morgan fingerprint density at radius 1 is 0.950 bits per heavy atom. The highest BCUT2D eigenvalue weighted by molar-refractivity contribution is 6.17. The summed E-state index contributed by atoms with van der Waals surface area (Å²) in [5, 5.41) is 14.1. The van der Waals surface area contributed by atoms with Crippen molar-refractivity contribution in [2.24, 2.45) is 4.99 Å². The number of aromatic hydroxyl groups is 1. The highest BCUT2D eigenvalue weighted by atomic mass is 19.1. The molecule has 8 nitrogen and oxygen atoms in total. The van der Waals surface area contributed by atoms with Gasteiger partial charge in [0.1, 0.15) is 23.4 Å². The zero-order chi connectivity index (χ0) is 27.2. The van der Waals surface area contributed by atoms with Gasteiger partial charge in [-0.25, -0.2) is 4.39 Å². The van der Waals surface area contributed by atoms with Crippen LogP contribution in [-0.4, -0.2) is 49.9 Å². The third kappa shape index (κ3) is 4.48. The van der Waals surface area contributed by atoms with E-state index < -0.39 is 5.82 Å². The van der Waals surface area contributed by atoms with Crippen molar-refractivity contribution in [3.8, 4) is 33.9 Å². The SMILES string of the molecule is C[C@@H]1N=C(c2cc3c(-c4cc(O)cc(F)c4)nccc3[nH]2)c2cc(-c3cncc(OC4CCNCC4)c3)cnc21. The number of aliphatic imine (C=N–C) groups is 1. The van der Waals surface area contributed by atoms with Gasteiger partial charge in [-0.1, -0.05) is 0 Å². The zero-order valence-electron chi connectivity index (χ0n) is 21.9. The van der Waals surface area contributed by atoms with Gasteiger partial charge in [-0.3, -0.25) is 19.9 Å². The Labute approximate surface area is 230 Å². The lowest BCUT2D eigenvalue weighted by Crippen LogP contribution is -2.34. The molecule has 1 saturated heterocycles. The van der Waals surface area contributed by atoms with Gasteiger partial charge in [0, 0.05) is 57.8 Å². The zero-order valence-corrected chi connectivity index (χ0v) is 21.9. The van der Waals surface area contributed by atoms with Crippen LogP contribution in [0.1, 0.15) is 42.8 Å². The standard InChI is InChI=1S/C31H27FN6O2/c1-17-29-26(11-20(15-36-29)19-10-24(16-34-14-19)40-23-2-5-33-6-3-23)31(37-17)28-13-25-27(38-28)4-7-35-30(25)18-8-21(32)12-22(39)9-18/h4,7-17,23,33,38-39H,2-3,5-6H2,1H3/t17-/m0/s1. The molecule has 0 unspecified atom stereocenters. The number of phenols is 1. The number of rotatable bonds is 5. The Kier molecular flexibility index (Phi) is 6.00. The number of nitrogens with one attached hydrogen (secondary N) is 2. The summed E-state index contributed by atoms with van der Waals surface area (Å²) in [5.41, 5.74) is 7.23. The molecule has 0 radical (unpaired) electrons. The summed E-state index contributed by atoms with van der Waals surface area (Å²) >= 11 is 0. The second kappa shape index (κ2) is 9.84. The summed E-state index contributed by atoms with van der Waals surface area (Å²) < 4.78 is 20.3. The number of H-pyrrole nitrogens is 1. The summed E-state index contributed by atoms with van der Waals surface area (Å²) in [4.78, 5) is 22.1. The number of aromatic amines is 1. The van der Waals surface area contributed by atoms with Gasteiger partial charge in [0.15, 0.2) is 0 Å². The lowest BCUT2D eigenvalue weighted by atomic mass is 10.0. The number of ether oxygens (including phenoxy) is 1. The van der Waals surface area contributed by atoms with Gasteiger partial charge in [0.25, 0.3) is 0 Å². The molecule has 0 amide bonds. The summed E-state index contributed by atoms with van der Waals surface area (Å²) in [7, 11) is 0. The highest BCUT2D eigenvalue weighted by Crippen LogP contribution is 2.36. The fraction of sp³-hybridized carbons (Fsp3) is 0.226. The van der Waals surface area contributed by atoms with Crippen molar-refractivity contribution in [3.63, 3.8) is 0 Å². The van der Waals surface area contributed by atoms with Crippen LogP contribution in [0.15, 0.2) is 72.2 Å². The van der Waals surface area contributed by atoms with Crippen LogP contribution in [0.5, 0.6) is 11.5 Å². The third-order valence-corrected chi connectivity index (χ3v) is 7.49. The Bertz CT molecular complexity index is 1760. The molecule has 6 heterocycles. The molecule has 2 aliphatic heterocycles. The number of hydrogen-bond donors (Lipinski definition) is 3. The van der Waals surface area contributed by atoms with E-state index >= 15 is 0 Å². The molecule has 9 heteroatoms. The molecule has 2 aliphatic rings. The monoisotopic (exact) mass is 534 g/mol. The maximum atomic E-state index is 14.1. The fourth-order valence-electron chi connectivity index (χ4n) is 5.56. The molecule has 7 rings (SSSR count). The van der Waals surface area contributed by atoms with Crippen molar-refractivity contribution in [2.75, 3.05) is 13.1 Å². The van der Waals surface area contributed by atoms with Crippen molar-refractivity contribution >= 4 is 16.6 Å². The molecule has 3 N–H and O–H groups in total. The fourth-order valence-corrected chi connectivity index (χ4v) is 5.56. The van der Waals surface area contributed by atoms with E-state index in [4.69, 9.17) is 14.7 Å². The summed E-state index contributed by atoms with van der Waals surface area (Å²) in [6.07, 6.45) is 9.25. The van der Waals surface area contributed by atoms with E-state index in [0.29, 0.717) is 11.3 Å². The molecular weight excluding hydrogens is 507 g/mol. The van der Waals surface area contributed by atoms with Gasteiger partial charge in [0.2, 0.25) is 0 Å². The first-order chi connectivity index (χ1) is 19.5. The van der Waals surface area contributed by atoms with Crippen molar-refractivity contribution in [2.45, 2.75) is 31.9 Å². The van der Waals surface area contributed by atoms with E-state index in [1.54, 1.807) is 12.4 Å². The molecule has 0 aliphatic carbocycles. The number of benzene rings is 1. The van der Waals surface area contributed by atoms with Crippen LogP contribution in [0.4, 0.5) is 4.39 Å². The summed E-state index contributed by atoms with van der Waals surface area (Å²) in [6.45, 7) is 3.95. The van der Waals surface area contributed by atoms with Crippen LogP contribution in [0, 0.1) is 5.82 Å². The number of fused-ring (bicyclic) bond motifs is 2. The largest absolute Gasteiger partial charge is 0.508 e. The molecule has 200 valence electrons. The van der Waals surface area contributed by atoms with E-state index in [9.17, 15) is 9.50 Å². The molecule has 0 bridgehead atoms. The Hall–Kier alpha value is -4.63. The first-order valence-corrected chi connectivity index (χ1v) is 13.4. The minimum atomic E-state index is -0.522. The van der Waals surface area contributed by atoms with Crippen LogP contribution in [0.3, 0.4) is 0 Å². The maximum absolute atomic E-state index is 14.1. The Morgan fingerprint density at radius 3 is 2.65 bits per heavy atom. The van der Waals surface area contributed by atoms with Crippen LogP contribution < -0.4 is 10.1 Å². The van der Waals surface area contributed by atoms with E-state index in [1.165, 1.54) is 12.1 Å². The summed E-state index contributed by atoms with van der Waals surface area (Å²) in [5.74, 6) is 0.0859. The van der Waals surface area contributed by atoms with Gasteiger partial charge in [0.05, 0.1) is 35.0 Å². The molecule has 40 heavy (non-hydrogen) atoms. The second-order valence-electron chi connectivity index (χ2n) is 10.3. The van der Waals surface area contributed by atoms with Crippen LogP contribution in [0.25, 0.3) is 33.3 Å². The number of piperidine rings is 1. The van der Waals surface area contributed by atoms with Crippen LogP contribution >= 0.6 is 0 Å². The quantitative estimate of drug-likeness (QED) is 0.272. The van der Waals surface area contributed by atoms with Gasteiger partial charge >= 0.3 is 0 Å². The predicted molar refractivity (Wildman–Crippen MR) is 151 cm³/mol. The number of pyridine rings is 3. The van der Waals surface area contributed by atoms with E-state index in [-0.39, 0.29) is 17.9 Å². The Morgan fingerprint density at radius 2 is 1.80 bits per heavy atom. The van der Waals surface area contributed by atoms with E-state index in [1.807, 2.05) is 37.5 Å². The lowest BCUT2D eigenvalue weighted by Gasteiger charge is -2.23. The summed E-state index contributed by atoms with van der Waals surface area (Å²) in [6, 6.07) is 11.8. The molecule has 0 spiro atoms. The average molecular weight is 535 g/mol. The van der Waals surface area contributed by atoms with Crippen LogP contribution in [-0.2, 0) is 0 Å². The molecule has 1 atom stereocenters. The number of nitrogens with zero attached hydrogens (tertiary/aromatic N) is 4. The van der Waals surface area contributed by atoms with E-state index in [2.05, 4.69) is 26.3 Å². The minimum Gasteiger partial charge on any atom is -0.508 e. The van der Waals surface area contributed by atoms with Crippen LogP contribution in [0.2, 0.25) is 0 Å². The normalized spacial score (nSPS) is 17.1. The van der Waals surface area contributed by atoms with Gasteiger partial charge in [-0.15, -0.1) is 0 Å². The van der Waals surface area contributed by atoms with Crippen molar-refractivity contribution < 1.29 is 14.2 Å². The van der Waals surface area contributed by atoms with Gasteiger partial charge < -0.3 is 20.1 Å². The molecule has 1 aromatic carbocycles. The van der Waals surface area contributed by atoms with Gasteiger partial charge in [-0.05, 0) is 69.3 Å². The number of halogens is 1. The third-order valence-electron chi connectivity index (χ3n) is 7.49. The predicted octanol–water partition coefficient (Wildman–Crippen LogP) is 5.57. The van der Waals surface area contributed by atoms with Crippen molar-refractivity contribution in [1.29, 1.82) is 0 Å². The molecule has 1 fully saturated rings. The number of hydrogen-bond acceptors (Lipinski definition) is 7. The molecule has 0 saturated carbocycles. The lowest BCUT2D eigenvalue weighted by molar-refractivity contribution is 0.162. The molecular formula is C31H27FN6O2. The van der Waals surface area contributed by atoms with Crippen molar-refractivity contribution in [3.05, 3.63) is 90.0 Å². The average Bonchev–Trinajstić information content (AvgIpc) is 3.54. The first-order valence-electron chi connectivity index (χ1n) is 13.4. The molecule has 4 aromatic heterocycles. The molecule has 5 aromatic rings. The number of phenolic OH excluding ortho intramolecular Hbond substituents is 1. The Balaban J connectivity index is 1.25. The highest BCUT2D eigenvalue weighted by Gasteiger charge is 2.27. The van der Waals surface area contributed by atoms with E-state index in [0.717, 1.165) is 82.4 Å². The van der Waals surface area contributed by atoms with Crippen molar-refractivity contribution in [1.82, 2.24) is 25.3 Å². The number of aromatic nitrogens is 4. The smallest absolute Gasteiger partial charge is 0.138 e. The maximum Gasteiger partial charge on any atom is 0.138 e. The van der Waals surface area contributed by atoms with Gasteiger partial charge in [-0.2, -0.15) is 0 Å². The topological polar surface area (TPSA) is 108 Å².